The number of amides is 1. The van der Waals surface area contributed by atoms with E-state index >= 15 is 0 Å². The summed E-state index contributed by atoms with van der Waals surface area (Å²) >= 11 is 0. The van der Waals surface area contributed by atoms with Gasteiger partial charge in [0.2, 0.25) is 0 Å². The van der Waals surface area contributed by atoms with Crippen molar-refractivity contribution in [3.05, 3.63) is 0 Å². The van der Waals surface area contributed by atoms with Gasteiger partial charge < -0.3 is 15.8 Å². The van der Waals surface area contributed by atoms with Crippen molar-refractivity contribution < 1.29 is 9.53 Å². The van der Waals surface area contributed by atoms with Crippen molar-refractivity contribution in [2.45, 2.75) is 71.7 Å². The molecule has 1 aliphatic rings. The second-order valence-electron chi connectivity index (χ2n) is 7.40. The molecule has 3 N–H and O–H groups in total. The van der Waals surface area contributed by atoms with Crippen LogP contribution in [0.1, 0.15) is 48.0 Å². The molecule has 0 spiro atoms. The summed E-state index contributed by atoms with van der Waals surface area (Å²) in [5, 5.41) is 2.94. The van der Waals surface area contributed by atoms with Crippen LogP contribution in [0, 0.1) is 0 Å². The summed E-state index contributed by atoms with van der Waals surface area (Å²) in [6.07, 6.45) is 0.792. The first kappa shape index (κ1) is 20.2. The molecule has 0 aromatic carbocycles. The molecule has 0 radical (unpaired) electrons. The van der Waals surface area contributed by atoms with Gasteiger partial charge in [-0.2, -0.15) is 0 Å². The van der Waals surface area contributed by atoms with Crippen molar-refractivity contribution in [2.75, 3.05) is 32.7 Å². The minimum atomic E-state index is -0.483. The van der Waals surface area contributed by atoms with Gasteiger partial charge >= 0.3 is 6.09 Å². The highest BCUT2D eigenvalue weighted by atomic mass is 16.6. The predicted octanol–water partition coefficient (Wildman–Crippen LogP) is 1.64. The van der Waals surface area contributed by atoms with Gasteiger partial charge in [-0.25, -0.2) is 4.79 Å². The molecule has 1 fully saturated rings. The van der Waals surface area contributed by atoms with E-state index in [4.69, 9.17) is 10.5 Å². The Bertz CT molecular complexity index is 366. The van der Waals surface area contributed by atoms with Crippen LogP contribution in [0.5, 0.6) is 0 Å². The monoisotopic (exact) mass is 328 g/mol. The molecule has 136 valence electrons. The van der Waals surface area contributed by atoms with Crippen molar-refractivity contribution in [3.63, 3.8) is 0 Å². The molecule has 3 unspecified atom stereocenters. The largest absolute Gasteiger partial charge is 0.444 e. The number of nitrogens with one attached hydrogen (secondary N) is 1. The highest BCUT2D eigenvalue weighted by Gasteiger charge is 2.33. The van der Waals surface area contributed by atoms with E-state index in [1.54, 1.807) is 0 Å². The highest BCUT2D eigenvalue weighted by molar-refractivity contribution is 5.68. The Morgan fingerprint density at radius 2 is 2.00 bits per heavy atom. The van der Waals surface area contributed by atoms with Crippen molar-refractivity contribution in [1.29, 1.82) is 0 Å². The molecule has 0 bridgehead atoms. The van der Waals surface area contributed by atoms with Gasteiger partial charge in [0.25, 0.3) is 0 Å². The van der Waals surface area contributed by atoms with Crippen LogP contribution < -0.4 is 11.1 Å². The third kappa shape index (κ3) is 6.28. The van der Waals surface area contributed by atoms with Gasteiger partial charge in [-0.3, -0.25) is 9.80 Å². The van der Waals surface area contributed by atoms with Crippen LogP contribution in [0.15, 0.2) is 0 Å². The van der Waals surface area contributed by atoms with Gasteiger partial charge in [-0.1, -0.05) is 13.8 Å². The maximum absolute atomic E-state index is 12.0. The number of alkyl carbamates (subject to hydrolysis) is 1. The Hall–Kier alpha value is -0.850. The van der Waals surface area contributed by atoms with E-state index in [9.17, 15) is 4.79 Å². The average molecular weight is 329 g/mol. The molecule has 1 heterocycles. The fourth-order valence-electron chi connectivity index (χ4n) is 3.37. The van der Waals surface area contributed by atoms with Crippen LogP contribution in [0.25, 0.3) is 0 Å². The first-order valence-electron chi connectivity index (χ1n) is 8.89. The molecule has 0 aromatic heterocycles. The van der Waals surface area contributed by atoms with Crippen LogP contribution in [0.2, 0.25) is 0 Å². The maximum atomic E-state index is 12.0. The number of hydrogen-bond acceptors (Lipinski definition) is 5. The summed E-state index contributed by atoms with van der Waals surface area (Å²) in [6.45, 7) is 16.8. The Morgan fingerprint density at radius 1 is 1.39 bits per heavy atom. The van der Waals surface area contributed by atoms with Crippen LogP contribution in [-0.4, -0.2) is 72.3 Å². The topological polar surface area (TPSA) is 70.8 Å². The number of likely N-dealkylation sites (tertiary alicyclic amines) is 1. The van der Waals surface area contributed by atoms with Crippen molar-refractivity contribution in [2.24, 2.45) is 5.73 Å². The molecule has 6 nitrogen and oxygen atoms in total. The maximum Gasteiger partial charge on any atom is 0.407 e. The van der Waals surface area contributed by atoms with Gasteiger partial charge in [-0.15, -0.1) is 0 Å². The highest BCUT2D eigenvalue weighted by Crippen LogP contribution is 2.19. The third-order valence-corrected chi connectivity index (χ3v) is 4.56. The van der Waals surface area contributed by atoms with Gasteiger partial charge in [0, 0.05) is 37.8 Å². The zero-order valence-corrected chi connectivity index (χ0v) is 15.8. The molecule has 1 rings (SSSR count). The molecule has 1 amide bonds. The summed E-state index contributed by atoms with van der Waals surface area (Å²) in [4.78, 5) is 16.9. The van der Waals surface area contributed by atoms with Crippen LogP contribution in [0.3, 0.4) is 0 Å². The minimum Gasteiger partial charge on any atom is -0.444 e. The van der Waals surface area contributed by atoms with Gasteiger partial charge in [0.15, 0.2) is 0 Å². The Labute approximate surface area is 141 Å². The molecule has 1 aliphatic heterocycles. The molecule has 1 saturated heterocycles. The van der Waals surface area contributed by atoms with E-state index in [-0.39, 0.29) is 18.2 Å². The normalized spacial score (nSPS) is 22.2. The average Bonchev–Trinajstić information content (AvgIpc) is 2.88. The van der Waals surface area contributed by atoms with E-state index < -0.39 is 5.60 Å². The molecule has 3 atom stereocenters. The molecule has 0 aliphatic carbocycles. The van der Waals surface area contributed by atoms with E-state index in [0.717, 1.165) is 32.6 Å². The van der Waals surface area contributed by atoms with Crippen molar-refractivity contribution in [1.82, 2.24) is 15.1 Å². The van der Waals surface area contributed by atoms with Crippen LogP contribution in [0.4, 0.5) is 4.79 Å². The number of rotatable bonds is 7. The first-order chi connectivity index (χ1) is 10.7. The Kier molecular flexibility index (Phi) is 7.77. The second-order valence-corrected chi connectivity index (χ2v) is 7.40. The van der Waals surface area contributed by atoms with E-state index in [0.29, 0.717) is 12.6 Å². The summed E-state index contributed by atoms with van der Waals surface area (Å²) in [7, 11) is 0. The number of carbonyl (C=O) groups excluding carboxylic acids is 1. The van der Waals surface area contributed by atoms with Crippen molar-refractivity contribution >= 4 is 6.09 Å². The molecule has 0 aromatic rings. The smallest absolute Gasteiger partial charge is 0.407 e. The Morgan fingerprint density at radius 3 is 2.48 bits per heavy atom. The predicted molar refractivity (Wildman–Crippen MR) is 94.6 cm³/mol. The van der Waals surface area contributed by atoms with Gasteiger partial charge in [-0.05, 0) is 47.2 Å². The van der Waals surface area contributed by atoms with E-state index in [2.05, 4.69) is 29.0 Å². The van der Waals surface area contributed by atoms with E-state index in [1.807, 2.05) is 27.7 Å². The number of hydrogen-bond donors (Lipinski definition) is 2. The fraction of sp³-hybridized carbons (Fsp3) is 0.941. The number of nitrogens with two attached hydrogens (primary N) is 1. The lowest BCUT2D eigenvalue weighted by molar-refractivity contribution is 0.0475. The summed E-state index contributed by atoms with van der Waals surface area (Å²) in [6, 6.07) is 0.696. The summed E-state index contributed by atoms with van der Waals surface area (Å²) in [5.41, 5.74) is 5.51. The number of likely N-dealkylation sites (N-methyl/N-ethyl adjacent to an activating group) is 1. The number of carbonyl (C=O) groups is 1. The molecule has 0 saturated carbocycles. The lowest BCUT2D eigenvalue weighted by Crippen LogP contribution is -2.54. The number of nitrogens with zero attached hydrogens (tertiary/aromatic N) is 2. The van der Waals surface area contributed by atoms with Crippen LogP contribution in [-0.2, 0) is 4.74 Å². The van der Waals surface area contributed by atoms with Gasteiger partial charge in [0.1, 0.15) is 5.60 Å². The zero-order valence-electron chi connectivity index (χ0n) is 15.8. The lowest BCUT2D eigenvalue weighted by Gasteiger charge is -2.33. The standard InChI is InChI=1S/C17H36N4O2/c1-7-20(8-2)14-9-10-21(12-14)15(11-18)13(3)19-16(22)23-17(4,5)6/h13-15H,7-12,18H2,1-6H3,(H,19,22). The molecule has 6 heteroatoms. The SMILES string of the molecule is CCN(CC)C1CCN(C(CN)C(C)NC(=O)OC(C)(C)C)C1. The Balaban J connectivity index is 2.57. The molecular weight excluding hydrogens is 292 g/mol. The third-order valence-electron chi connectivity index (χ3n) is 4.56. The first-order valence-corrected chi connectivity index (χ1v) is 8.89. The van der Waals surface area contributed by atoms with Gasteiger partial charge in [0.05, 0.1) is 0 Å². The second kappa shape index (κ2) is 8.85. The van der Waals surface area contributed by atoms with Crippen molar-refractivity contribution in [3.8, 4) is 0 Å². The van der Waals surface area contributed by atoms with E-state index in [1.165, 1.54) is 0 Å². The summed E-state index contributed by atoms with van der Waals surface area (Å²) in [5.74, 6) is 0. The zero-order chi connectivity index (χ0) is 17.6. The fourth-order valence-corrected chi connectivity index (χ4v) is 3.37. The molecular formula is C17H36N4O2. The quantitative estimate of drug-likeness (QED) is 0.743. The minimum absolute atomic E-state index is 0.0368. The lowest BCUT2D eigenvalue weighted by atomic mass is 10.1. The molecule has 23 heavy (non-hydrogen) atoms. The number of ether oxygens (including phenoxy) is 1. The summed E-state index contributed by atoms with van der Waals surface area (Å²) < 4.78 is 5.34. The van der Waals surface area contributed by atoms with Crippen LogP contribution >= 0.6 is 0 Å².